The molecule has 0 spiro atoms. The fourth-order valence-electron chi connectivity index (χ4n) is 2.49. The Hall–Kier alpha value is -3.68. The van der Waals surface area contributed by atoms with Gasteiger partial charge in [-0.15, -0.1) is 0 Å². The number of aryl methyl sites for hydroxylation is 2. The number of amides is 1. The summed E-state index contributed by atoms with van der Waals surface area (Å²) in [6, 6.07) is 14.1. The number of nitrogens with zero attached hydrogens (tertiary/aromatic N) is 2. The third-order valence-corrected chi connectivity index (χ3v) is 3.91. The van der Waals surface area contributed by atoms with Gasteiger partial charge in [-0.25, -0.2) is 4.79 Å². The van der Waals surface area contributed by atoms with Crippen molar-refractivity contribution in [3.63, 3.8) is 0 Å². The van der Waals surface area contributed by atoms with Crippen LogP contribution in [0.1, 0.15) is 21.7 Å². The Morgan fingerprint density at radius 2 is 1.90 bits per heavy atom. The van der Waals surface area contributed by atoms with Crippen LogP contribution in [0.25, 0.3) is 11.5 Å². The van der Waals surface area contributed by atoms with Gasteiger partial charge in [0.05, 0.1) is 12.1 Å². The van der Waals surface area contributed by atoms with Gasteiger partial charge in [-0.3, -0.25) is 4.79 Å². The summed E-state index contributed by atoms with van der Waals surface area (Å²) in [6.45, 7) is 3.96. The number of aromatic nitrogens is 2. The molecule has 0 aliphatic heterocycles. The summed E-state index contributed by atoms with van der Waals surface area (Å²) < 4.78 is 15.6. The Morgan fingerprint density at radius 1 is 1.10 bits per heavy atom. The topological polar surface area (TPSA) is 104 Å². The van der Waals surface area contributed by atoms with Crippen molar-refractivity contribution in [3.05, 3.63) is 65.5 Å². The second kappa shape index (κ2) is 9.50. The first-order chi connectivity index (χ1) is 14.0. The van der Waals surface area contributed by atoms with E-state index in [2.05, 4.69) is 15.5 Å². The zero-order valence-electron chi connectivity index (χ0n) is 16.2. The first kappa shape index (κ1) is 20.1. The molecule has 3 aromatic rings. The van der Waals surface area contributed by atoms with Crippen LogP contribution in [0.3, 0.4) is 0 Å². The minimum Gasteiger partial charge on any atom is -0.492 e. The summed E-state index contributed by atoms with van der Waals surface area (Å²) in [6.07, 6.45) is 0. The summed E-state index contributed by atoms with van der Waals surface area (Å²) in [5, 5.41) is 6.36. The molecule has 29 heavy (non-hydrogen) atoms. The largest absolute Gasteiger partial charge is 0.492 e. The molecule has 1 heterocycles. The van der Waals surface area contributed by atoms with E-state index in [4.69, 9.17) is 14.0 Å². The number of benzene rings is 2. The van der Waals surface area contributed by atoms with E-state index < -0.39 is 11.9 Å². The van der Waals surface area contributed by atoms with Crippen molar-refractivity contribution in [1.29, 1.82) is 0 Å². The highest BCUT2D eigenvalue weighted by molar-refractivity contribution is 5.91. The number of carbonyl (C=O) groups excluding carboxylic acids is 2. The molecule has 0 unspecified atom stereocenters. The van der Waals surface area contributed by atoms with Crippen molar-refractivity contribution < 1.29 is 23.6 Å². The smallest absolute Gasteiger partial charge is 0.338 e. The van der Waals surface area contributed by atoms with Crippen LogP contribution < -0.4 is 10.1 Å². The van der Waals surface area contributed by atoms with E-state index in [0.717, 1.165) is 11.3 Å². The lowest BCUT2D eigenvalue weighted by Gasteiger charge is -2.09. The number of nitrogens with one attached hydrogen (secondary N) is 1. The van der Waals surface area contributed by atoms with E-state index in [-0.39, 0.29) is 6.61 Å². The third-order valence-electron chi connectivity index (χ3n) is 3.91. The molecule has 150 valence electrons. The number of hydrogen-bond donors (Lipinski definition) is 1. The van der Waals surface area contributed by atoms with Crippen LogP contribution in [-0.2, 0) is 9.53 Å². The average molecular weight is 395 g/mol. The molecule has 8 nitrogen and oxygen atoms in total. The van der Waals surface area contributed by atoms with E-state index in [1.807, 2.05) is 31.2 Å². The van der Waals surface area contributed by atoms with Crippen molar-refractivity contribution >= 4 is 11.9 Å². The maximum Gasteiger partial charge on any atom is 0.338 e. The molecule has 0 saturated carbocycles. The number of hydrogen-bond acceptors (Lipinski definition) is 7. The van der Waals surface area contributed by atoms with Crippen molar-refractivity contribution in [2.75, 3.05) is 19.8 Å². The van der Waals surface area contributed by atoms with Crippen molar-refractivity contribution in [2.45, 2.75) is 13.8 Å². The zero-order valence-corrected chi connectivity index (χ0v) is 16.2. The van der Waals surface area contributed by atoms with Crippen LogP contribution in [0.2, 0.25) is 0 Å². The third kappa shape index (κ3) is 5.90. The van der Waals surface area contributed by atoms with Crippen LogP contribution in [0.5, 0.6) is 5.75 Å². The first-order valence-electron chi connectivity index (χ1n) is 9.05. The molecular formula is C21H21N3O5. The predicted molar refractivity (Wildman–Crippen MR) is 104 cm³/mol. The molecule has 8 heteroatoms. The molecule has 0 aliphatic rings. The Balaban J connectivity index is 1.39. The molecular weight excluding hydrogens is 374 g/mol. The average Bonchev–Trinajstić information content (AvgIpc) is 3.16. The molecule has 2 aromatic carbocycles. The van der Waals surface area contributed by atoms with Gasteiger partial charge in [0.15, 0.2) is 12.4 Å². The van der Waals surface area contributed by atoms with Gasteiger partial charge in [-0.1, -0.05) is 17.3 Å². The van der Waals surface area contributed by atoms with Gasteiger partial charge in [0.1, 0.15) is 12.4 Å². The van der Waals surface area contributed by atoms with Crippen LogP contribution in [0.15, 0.2) is 53.1 Å². The Bertz CT molecular complexity index is 982. The summed E-state index contributed by atoms with van der Waals surface area (Å²) in [5.74, 6) is 0.645. The monoisotopic (exact) mass is 395 g/mol. The van der Waals surface area contributed by atoms with Crippen molar-refractivity contribution in [3.8, 4) is 17.2 Å². The van der Waals surface area contributed by atoms with E-state index in [1.54, 1.807) is 31.2 Å². The minimum absolute atomic E-state index is 0.308. The van der Waals surface area contributed by atoms with Crippen LogP contribution >= 0.6 is 0 Å². The van der Waals surface area contributed by atoms with Crippen LogP contribution in [0, 0.1) is 13.8 Å². The van der Waals surface area contributed by atoms with E-state index in [9.17, 15) is 9.59 Å². The highest BCUT2D eigenvalue weighted by Gasteiger charge is 2.12. The molecule has 0 atom stereocenters. The number of carbonyl (C=O) groups is 2. The standard InChI is InChI=1S/C21H21N3O5/c1-14-4-3-5-18(12-14)27-11-10-22-19(25)13-28-21(26)17-8-6-16(7-9-17)20-23-15(2)24-29-20/h3-9,12H,10-11,13H2,1-2H3,(H,22,25). The molecule has 3 rings (SSSR count). The molecule has 0 saturated heterocycles. The maximum atomic E-state index is 12.1. The molecule has 0 aliphatic carbocycles. The second-order valence-corrected chi connectivity index (χ2v) is 6.32. The molecule has 1 amide bonds. The lowest BCUT2D eigenvalue weighted by molar-refractivity contribution is -0.124. The number of esters is 1. The summed E-state index contributed by atoms with van der Waals surface area (Å²) >= 11 is 0. The normalized spacial score (nSPS) is 10.4. The van der Waals surface area contributed by atoms with Gasteiger partial charge in [0.2, 0.25) is 0 Å². The molecule has 1 aromatic heterocycles. The summed E-state index contributed by atoms with van der Waals surface area (Å²) in [7, 11) is 0. The fraction of sp³-hybridized carbons (Fsp3) is 0.238. The zero-order chi connectivity index (χ0) is 20.6. The Kier molecular flexibility index (Phi) is 6.57. The number of ether oxygens (including phenoxy) is 2. The second-order valence-electron chi connectivity index (χ2n) is 6.32. The highest BCUT2D eigenvalue weighted by Crippen LogP contribution is 2.18. The molecule has 0 fully saturated rings. The van der Waals surface area contributed by atoms with Gasteiger partial charge in [0.25, 0.3) is 11.8 Å². The van der Waals surface area contributed by atoms with Gasteiger partial charge in [-0.2, -0.15) is 4.98 Å². The molecule has 0 bridgehead atoms. The van der Waals surface area contributed by atoms with Crippen LogP contribution in [-0.4, -0.2) is 41.8 Å². The Morgan fingerprint density at radius 3 is 2.59 bits per heavy atom. The first-order valence-corrected chi connectivity index (χ1v) is 9.05. The van der Waals surface area contributed by atoms with Crippen molar-refractivity contribution in [2.24, 2.45) is 0 Å². The highest BCUT2D eigenvalue weighted by atomic mass is 16.5. The summed E-state index contributed by atoms with van der Waals surface area (Å²) in [5.41, 5.74) is 2.10. The van der Waals surface area contributed by atoms with Gasteiger partial charge in [-0.05, 0) is 55.8 Å². The van der Waals surface area contributed by atoms with Gasteiger partial charge >= 0.3 is 5.97 Å². The maximum absolute atomic E-state index is 12.1. The van der Waals surface area contributed by atoms with Crippen LogP contribution in [0.4, 0.5) is 0 Å². The summed E-state index contributed by atoms with van der Waals surface area (Å²) in [4.78, 5) is 28.0. The lowest BCUT2D eigenvalue weighted by atomic mass is 10.1. The fourth-order valence-corrected chi connectivity index (χ4v) is 2.49. The minimum atomic E-state index is -0.593. The van der Waals surface area contributed by atoms with Gasteiger partial charge in [0, 0.05) is 5.56 Å². The Labute approximate surface area is 167 Å². The quantitative estimate of drug-likeness (QED) is 0.462. The SMILES string of the molecule is Cc1cccc(OCCNC(=O)COC(=O)c2ccc(-c3nc(C)no3)cc2)c1. The lowest BCUT2D eigenvalue weighted by Crippen LogP contribution is -2.32. The van der Waals surface area contributed by atoms with E-state index in [0.29, 0.717) is 36.0 Å². The predicted octanol–water partition coefficient (Wildman–Crippen LogP) is 2.71. The van der Waals surface area contributed by atoms with E-state index >= 15 is 0 Å². The molecule has 0 radical (unpaired) electrons. The van der Waals surface area contributed by atoms with Gasteiger partial charge < -0.3 is 19.3 Å². The molecule has 1 N–H and O–H groups in total. The number of rotatable bonds is 8. The van der Waals surface area contributed by atoms with Crippen molar-refractivity contribution in [1.82, 2.24) is 15.5 Å². The van der Waals surface area contributed by atoms with E-state index in [1.165, 1.54) is 0 Å².